The average Bonchev–Trinajstić information content (AvgIpc) is 2.24. The van der Waals surface area contributed by atoms with Gasteiger partial charge in [-0.2, -0.15) is 0 Å². The van der Waals surface area contributed by atoms with Crippen LogP contribution in [0.15, 0.2) is 12.1 Å². The van der Waals surface area contributed by atoms with Crippen molar-refractivity contribution in [1.82, 2.24) is 0 Å². The van der Waals surface area contributed by atoms with E-state index in [0.717, 1.165) is 31.2 Å². The smallest absolute Gasteiger partial charge is 0.140 e. The molecule has 0 spiro atoms. The lowest BCUT2D eigenvalue weighted by Crippen LogP contribution is -1.94. The van der Waals surface area contributed by atoms with Crippen LogP contribution in [-0.2, 0) is 6.42 Å². The summed E-state index contributed by atoms with van der Waals surface area (Å²) in [6.45, 7) is 0.243. The molecule has 0 radical (unpaired) electrons. The second-order valence-corrected chi connectivity index (χ2v) is 4.46. The highest BCUT2D eigenvalue weighted by atomic mass is 35.5. The van der Waals surface area contributed by atoms with Gasteiger partial charge in [-0.25, -0.2) is 0 Å². The van der Waals surface area contributed by atoms with Gasteiger partial charge < -0.3 is 9.84 Å². The van der Waals surface area contributed by atoms with Crippen molar-refractivity contribution < 1.29 is 9.84 Å². The van der Waals surface area contributed by atoms with Crippen LogP contribution in [0.25, 0.3) is 0 Å². The molecule has 1 N–H and O–H groups in total. The molecule has 16 heavy (non-hydrogen) atoms. The van der Waals surface area contributed by atoms with E-state index in [4.69, 9.17) is 33.0 Å². The molecule has 0 bridgehead atoms. The Morgan fingerprint density at radius 3 is 2.56 bits per heavy atom. The lowest BCUT2D eigenvalue weighted by Gasteiger charge is -2.10. The minimum atomic E-state index is 0.243. The van der Waals surface area contributed by atoms with Gasteiger partial charge in [-0.15, -0.1) is 0 Å². The van der Waals surface area contributed by atoms with Crippen LogP contribution in [0.1, 0.15) is 24.8 Å². The lowest BCUT2D eigenvalue weighted by atomic mass is 10.1. The van der Waals surface area contributed by atoms with Gasteiger partial charge in [0.15, 0.2) is 0 Å². The zero-order chi connectivity index (χ0) is 12.0. The van der Waals surface area contributed by atoms with E-state index in [-0.39, 0.29) is 6.61 Å². The van der Waals surface area contributed by atoms with Gasteiger partial charge in [0.1, 0.15) is 5.75 Å². The Kier molecular flexibility index (Phi) is 5.96. The fourth-order valence-electron chi connectivity index (χ4n) is 1.63. The monoisotopic (exact) mass is 262 g/mol. The molecule has 0 aromatic heterocycles. The van der Waals surface area contributed by atoms with Crippen LogP contribution in [0.5, 0.6) is 5.75 Å². The van der Waals surface area contributed by atoms with E-state index < -0.39 is 0 Å². The van der Waals surface area contributed by atoms with Crippen LogP contribution < -0.4 is 4.74 Å². The van der Waals surface area contributed by atoms with Gasteiger partial charge >= 0.3 is 0 Å². The van der Waals surface area contributed by atoms with Crippen molar-refractivity contribution in [2.75, 3.05) is 13.7 Å². The van der Waals surface area contributed by atoms with E-state index in [0.29, 0.717) is 15.8 Å². The van der Waals surface area contributed by atoms with Gasteiger partial charge in [0.25, 0.3) is 0 Å². The molecule has 1 rings (SSSR count). The van der Waals surface area contributed by atoms with Crippen molar-refractivity contribution in [3.05, 3.63) is 27.7 Å². The maximum absolute atomic E-state index is 8.69. The summed E-state index contributed by atoms with van der Waals surface area (Å²) in [6.07, 6.45) is 3.68. The zero-order valence-corrected chi connectivity index (χ0v) is 10.8. The second-order valence-electron chi connectivity index (χ2n) is 3.61. The number of rotatable bonds is 6. The van der Waals surface area contributed by atoms with E-state index >= 15 is 0 Å². The molecule has 0 saturated heterocycles. The van der Waals surface area contributed by atoms with Crippen molar-refractivity contribution in [2.45, 2.75) is 25.7 Å². The lowest BCUT2D eigenvalue weighted by molar-refractivity contribution is 0.283. The molecule has 1 aromatic carbocycles. The number of unbranched alkanes of at least 4 members (excludes halogenated alkanes) is 2. The Morgan fingerprint density at radius 1 is 1.19 bits per heavy atom. The second kappa shape index (κ2) is 7.00. The first-order valence-electron chi connectivity index (χ1n) is 5.31. The topological polar surface area (TPSA) is 29.5 Å². The number of aliphatic hydroxyl groups is 1. The van der Waals surface area contributed by atoms with Crippen molar-refractivity contribution in [3.63, 3.8) is 0 Å². The highest BCUT2D eigenvalue weighted by molar-refractivity contribution is 6.35. The normalized spacial score (nSPS) is 10.5. The summed E-state index contributed by atoms with van der Waals surface area (Å²) in [5.41, 5.74) is 1.03. The van der Waals surface area contributed by atoms with Crippen molar-refractivity contribution in [1.29, 1.82) is 0 Å². The van der Waals surface area contributed by atoms with Crippen LogP contribution in [0.4, 0.5) is 0 Å². The van der Waals surface area contributed by atoms with Gasteiger partial charge in [0.05, 0.1) is 12.1 Å². The number of ether oxygens (including phenoxy) is 1. The molecule has 0 saturated carbocycles. The number of hydrogen-bond acceptors (Lipinski definition) is 2. The minimum absolute atomic E-state index is 0.243. The van der Waals surface area contributed by atoms with Gasteiger partial charge in [0, 0.05) is 11.6 Å². The van der Waals surface area contributed by atoms with Crippen LogP contribution >= 0.6 is 23.2 Å². The van der Waals surface area contributed by atoms with E-state index in [1.807, 2.05) is 6.07 Å². The van der Waals surface area contributed by atoms with Crippen molar-refractivity contribution in [2.24, 2.45) is 0 Å². The van der Waals surface area contributed by atoms with Crippen molar-refractivity contribution in [3.8, 4) is 5.75 Å². The quantitative estimate of drug-likeness (QED) is 0.793. The summed E-state index contributed by atoms with van der Waals surface area (Å²) in [5.74, 6) is 0.704. The average molecular weight is 263 g/mol. The van der Waals surface area contributed by atoms with Gasteiger partial charge in [-0.3, -0.25) is 0 Å². The summed E-state index contributed by atoms with van der Waals surface area (Å²) >= 11 is 12.0. The molecule has 0 heterocycles. The summed E-state index contributed by atoms with van der Waals surface area (Å²) < 4.78 is 5.25. The Bertz CT molecular complexity index is 340. The molecule has 0 amide bonds. The minimum Gasteiger partial charge on any atom is -0.495 e. The van der Waals surface area contributed by atoms with Gasteiger partial charge in [-0.1, -0.05) is 29.6 Å². The van der Waals surface area contributed by atoms with Crippen LogP contribution in [0, 0.1) is 0 Å². The molecule has 0 fully saturated rings. The Morgan fingerprint density at radius 2 is 1.94 bits per heavy atom. The molecule has 90 valence electrons. The molecule has 0 aliphatic carbocycles. The molecule has 1 aromatic rings. The highest BCUT2D eigenvalue weighted by Crippen LogP contribution is 2.33. The fourth-order valence-corrected chi connectivity index (χ4v) is 2.24. The number of halogens is 2. The number of methoxy groups -OCH3 is 1. The highest BCUT2D eigenvalue weighted by Gasteiger charge is 2.09. The SMILES string of the molecule is COc1c(Cl)cc(Cl)cc1CCCCCO. The van der Waals surface area contributed by atoms with Gasteiger partial charge in [0.2, 0.25) is 0 Å². The number of aliphatic hydroxyl groups excluding tert-OH is 1. The van der Waals surface area contributed by atoms with Gasteiger partial charge in [-0.05, 0) is 37.0 Å². The van der Waals surface area contributed by atoms with E-state index in [1.54, 1.807) is 13.2 Å². The number of aryl methyl sites for hydroxylation is 1. The molecular weight excluding hydrogens is 247 g/mol. The van der Waals surface area contributed by atoms with E-state index in [9.17, 15) is 0 Å². The van der Waals surface area contributed by atoms with Crippen LogP contribution in [0.2, 0.25) is 10.0 Å². The Labute approximate surface area is 106 Å². The zero-order valence-electron chi connectivity index (χ0n) is 9.30. The summed E-state index contributed by atoms with van der Waals surface area (Å²) in [5, 5.41) is 9.86. The van der Waals surface area contributed by atoms with Crippen LogP contribution in [0.3, 0.4) is 0 Å². The third kappa shape index (κ3) is 3.85. The summed E-state index contributed by atoms with van der Waals surface area (Å²) in [4.78, 5) is 0. The van der Waals surface area contributed by atoms with E-state index in [2.05, 4.69) is 0 Å². The molecule has 0 aliphatic heterocycles. The Balaban J connectivity index is 2.69. The largest absolute Gasteiger partial charge is 0.495 e. The predicted octanol–water partition coefficient (Wildman–Crippen LogP) is 3.71. The summed E-state index contributed by atoms with van der Waals surface area (Å²) in [7, 11) is 1.60. The Hall–Kier alpha value is -0.440. The third-order valence-corrected chi connectivity index (χ3v) is 2.89. The molecule has 2 nitrogen and oxygen atoms in total. The first-order chi connectivity index (χ1) is 7.69. The van der Waals surface area contributed by atoms with E-state index in [1.165, 1.54) is 0 Å². The predicted molar refractivity (Wildman–Crippen MR) is 67.7 cm³/mol. The first kappa shape index (κ1) is 13.6. The third-order valence-electron chi connectivity index (χ3n) is 2.39. The standard InChI is InChI=1S/C12H16Cl2O2/c1-16-12-9(5-3-2-4-6-15)7-10(13)8-11(12)14/h7-8,15H,2-6H2,1H3. The molecule has 4 heteroatoms. The number of hydrogen-bond donors (Lipinski definition) is 1. The van der Waals surface area contributed by atoms with Crippen molar-refractivity contribution >= 4 is 23.2 Å². The molecule has 0 unspecified atom stereocenters. The molecule has 0 atom stereocenters. The molecule has 0 aliphatic rings. The first-order valence-corrected chi connectivity index (χ1v) is 6.07. The maximum atomic E-state index is 8.69. The summed E-state index contributed by atoms with van der Waals surface area (Å²) in [6, 6.07) is 3.56. The fraction of sp³-hybridized carbons (Fsp3) is 0.500. The maximum Gasteiger partial charge on any atom is 0.140 e. The molecular formula is C12H16Cl2O2. The number of benzene rings is 1. The van der Waals surface area contributed by atoms with Crippen LogP contribution in [-0.4, -0.2) is 18.8 Å².